The molecule has 0 fully saturated rings. The molecule has 9 heteroatoms. The van der Waals surface area contributed by atoms with E-state index in [4.69, 9.17) is 14.2 Å². The maximum atomic E-state index is 5.52. The fraction of sp³-hybridized carbons (Fsp3) is 0.444. The van der Waals surface area contributed by atoms with Crippen LogP contribution in [0.5, 0.6) is 17.2 Å². The molecule has 1 heterocycles. The van der Waals surface area contributed by atoms with Gasteiger partial charge in [-0.3, -0.25) is 4.99 Å². The lowest BCUT2D eigenvalue weighted by Crippen LogP contribution is -2.37. The molecule has 0 bridgehead atoms. The Morgan fingerprint density at radius 2 is 1.85 bits per heavy atom. The van der Waals surface area contributed by atoms with E-state index in [0.717, 1.165) is 23.0 Å². The smallest absolute Gasteiger partial charge is 0.203 e. The van der Waals surface area contributed by atoms with Crippen molar-refractivity contribution in [2.45, 2.75) is 19.9 Å². The molecule has 2 aromatic rings. The van der Waals surface area contributed by atoms with Crippen LogP contribution in [0.2, 0.25) is 0 Å². The van der Waals surface area contributed by atoms with Crippen LogP contribution in [-0.4, -0.2) is 45.9 Å². The molecular weight excluding hydrogens is 479 g/mol. The topological polar surface area (TPSA) is 77.0 Å². The zero-order valence-electron chi connectivity index (χ0n) is 16.3. The predicted octanol–water partition coefficient (Wildman–Crippen LogP) is 3.00. The van der Waals surface area contributed by atoms with Crippen molar-refractivity contribution in [2.75, 3.05) is 34.9 Å². The van der Waals surface area contributed by atoms with Gasteiger partial charge in [-0.05, 0) is 19.4 Å². The maximum Gasteiger partial charge on any atom is 0.203 e. The molecule has 7 nitrogen and oxygen atoms in total. The number of nitrogens with zero attached hydrogens (tertiary/aromatic N) is 2. The van der Waals surface area contributed by atoms with E-state index in [0.29, 0.717) is 30.3 Å². The number of rotatable bonds is 8. The van der Waals surface area contributed by atoms with Crippen molar-refractivity contribution in [1.82, 2.24) is 15.6 Å². The van der Waals surface area contributed by atoms with Crippen molar-refractivity contribution in [3.8, 4) is 17.2 Å². The number of aliphatic imine (C=N–C) groups is 1. The van der Waals surface area contributed by atoms with Gasteiger partial charge in [0.15, 0.2) is 17.5 Å². The molecule has 0 aliphatic carbocycles. The molecule has 27 heavy (non-hydrogen) atoms. The van der Waals surface area contributed by atoms with Crippen molar-refractivity contribution in [1.29, 1.82) is 0 Å². The van der Waals surface area contributed by atoms with E-state index in [1.54, 1.807) is 39.7 Å². The number of benzene rings is 1. The summed E-state index contributed by atoms with van der Waals surface area (Å²) in [7, 11) is 6.59. The van der Waals surface area contributed by atoms with Crippen molar-refractivity contribution in [2.24, 2.45) is 4.99 Å². The van der Waals surface area contributed by atoms with Gasteiger partial charge in [0.2, 0.25) is 5.75 Å². The summed E-state index contributed by atoms with van der Waals surface area (Å²) in [5, 5.41) is 7.60. The monoisotopic (exact) mass is 506 g/mol. The van der Waals surface area contributed by atoms with Gasteiger partial charge in [-0.2, -0.15) is 0 Å². The third-order valence-corrected chi connectivity index (χ3v) is 4.69. The van der Waals surface area contributed by atoms with E-state index in [9.17, 15) is 0 Å². The molecule has 0 atom stereocenters. The van der Waals surface area contributed by atoms with Gasteiger partial charge in [0.25, 0.3) is 0 Å². The molecule has 0 aliphatic rings. The first-order valence-corrected chi connectivity index (χ1v) is 9.08. The fourth-order valence-corrected chi connectivity index (χ4v) is 3.27. The molecule has 2 N–H and O–H groups in total. The van der Waals surface area contributed by atoms with Gasteiger partial charge in [0, 0.05) is 30.2 Å². The maximum absolute atomic E-state index is 5.52. The molecule has 1 aromatic carbocycles. The number of aryl methyl sites for hydroxylation is 1. The van der Waals surface area contributed by atoms with Crippen LogP contribution in [0, 0.1) is 6.92 Å². The number of guanidine groups is 1. The van der Waals surface area contributed by atoms with Crippen molar-refractivity contribution in [3.05, 3.63) is 33.8 Å². The molecule has 0 amide bonds. The highest BCUT2D eigenvalue weighted by Gasteiger charge is 2.15. The lowest BCUT2D eigenvalue weighted by Gasteiger charge is -2.16. The molecule has 1 aromatic heterocycles. The summed E-state index contributed by atoms with van der Waals surface area (Å²) in [5.41, 5.74) is 1.03. The second kappa shape index (κ2) is 11.9. The molecule has 0 radical (unpaired) electrons. The Kier molecular flexibility index (Phi) is 10.2. The quantitative estimate of drug-likeness (QED) is 0.326. The predicted molar refractivity (Wildman–Crippen MR) is 120 cm³/mol. The molecular formula is C18H27IN4O3S. The number of methoxy groups -OCH3 is 3. The summed E-state index contributed by atoms with van der Waals surface area (Å²) in [6.45, 7) is 3.39. The molecule has 0 aliphatic heterocycles. The third-order valence-electron chi connectivity index (χ3n) is 3.77. The van der Waals surface area contributed by atoms with Crippen molar-refractivity contribution < 1.29 is 14.2 Å². The Labute approximate surface area is 181 Å². The average molecular weight is 506 g/mol. The first kappa shape index (κ1) is 23.3. The number of halogens is 1. The van der Waals surface area contributed by atoms with Gasteiger partial charge >= 0.3 is 0 Å². The molecule has 0 spiro atoms. The zero-order chi connectivity index (χ0) is 18.9. The minimum atomic E-state index is 0. The summed E-state index contributed by atoms with van der Waals surface area (Å²) in [6.07, 6.45) is 2.63. The van der Waals surface area contributed by atoms with Crippen LogP contribution in [0.4, 0.5) is 0 Å². The van der Waals surface area contributed by atoms with E-state index in [1.165, 1.54) is 4.88 Å². The lowest BCUT2D eigenvalue weighted by molar-refractivity contribution is 0.322. The van der Waals surface area contributed by atoms with Gasteiger partial charge < -0.3 is 24.8 Å². The Morgan fingerprint density at radius 3 is 2.41 bits per heavy atom. The van der Waals surface area contributed by atoms with Gasteiger partial charge in [-0.25, -0.2) is 4.98 Å². The summed E-state index contributed by atoms with van der Waals surface area (Å²) in [4.78, 5) is 9.78. The molecule has 0 unspecified atom stereocenters. The SMILES string of the molecule is CN=C(NCCc1ccc(OC)c(OC)c1OC)NCc1ncc(C)s1.I. The van der Waals surface area contributed by atoms with Gasteiger partial charge in [-0.1, -0.05) is 6.07 Å². The van der Waals surface area contributed by atoms with Crippen LogP contribution in [0.3, 0.4) is 0 Å². The number of hydrogen-bond donors (Lipinski definition) is 2. The number of aromatic nitrogens is 1. The Morgan fingerprint density at radius 1 is 1.11 bits per heavy atom. The van der Waals surface area contributed by atoms with Crippen LogP contribution in [0.15, 0.2) is 23.3 Å². The van der Waals surface area contributed by atoms with Crippen LogP contribution in [0.1, 0.15) is 15.4 Å². The van der Waals surface area contributed by atoms with Crippen molar-refractivity contribution >= 4 is 41.3 Å². The highest BCUT2D eigenvalue weighted by Crippen LogP contribution is 2.39. The van der Waals surface area contributed by atoms with Gasteiger partial charge in [-0.15, -0.1) is 35.3 Å². The number of nitrogens with one attached hydrogen (secondary N) is 2. The number of thiazole rings is 1. The summed E-state index contributed by atoms with van der Waals surface area (Å²) < 4.78 is 16.3. The largest absolute Gasteiger partial charge is 0.493 e. The number of hydrogen-bond acceptors (Lipinski definition) is 6. The van der Waals surface area contributed by atoms with E-state index >= 15 is 0 Å². The van der Waals surface area contributed by atoms with Gasteiger partial charge in [0.05, 0.1) is 27.9 Å². The molecule has 0 saturated heterocycles. The highest BCUT2D eigenvalue weighted by molar-refractivity contribution is 14.0. The Hall–Kier alpha value is -1.75. The van der Waals surface area contributed by atoms with E-state index < -0.39 is 0 Å². The van der Waals surface area contributed by atoms with Crippen molar-refractivity contribution in [3.63, 3.8) is 0 Å². The summed E-state index contributed by atoms with van der Waals surface area (Å²) in [6, 6.07) is 3.87. The van der Waals surface area contributed by atoms with E-state index in [-0.39, 0.29) is 24.0 Å². The van der Waals surface area contributed by atoms with Crippen LogP contribution < -0.4 is 24.8 Å². The third kappa shape index (κ3) is 6.42. The fourth-order valence-electron chi connectivity index (χ4n) is 2.54. The number of ether oxygens (including phenoxy) is 3. The highest BCUT2D eigenvalue weighted by atomic mass is 127. The normalized spacial score (nSPS) is 10.8. The summed E-state index contributed by atoms with van der Waals surface area (Å²) in [5.74, 6) is 2.68. The standard InChI is InChI=1S/C18H26N4O3S.HI/c1-12-10-21-15(26-12)11-22-18(19-2)20-9-8-13-6-7-14(23-3)17(25-5)16(13)24-4;/h6-7,10H,8-9,11H2,1-5H3,(H2,19,20,22);1H. The second-order valence-corrected chi connectivity index (χ2v) is 6.78. The molecule has 150 valence electrons. The first-order chi connectivity index (χ1) is 12.6. The lowest BCUT2D eigenvalue weighted by atomic mass is 10.1. The Bertz CT molecular complexity index is 752. The Balaban J connectivity index is 0.00000364. The van der Waals surface area contributed by atoms with Crippen LogP contribution in [0.25, 0.3) is 0 Å². The molecule has 0 saturated carbocycles. The van der Waals surface area contributed by atoms with Crippen LogP contribution in [-0.2, 0) is 13.0 Å². The zero-order valence-corrected chi connectivity index (χ0v) is 19.4. The van der Waals surface area contributed by atoms with E-state index in [2.05, 4.69) is 20.6 Å². The minimum absolute atomic E-state index is 0. The van der Waals surface area contributed by atoms with E-state index in [1.807, 2.05) is 25.3 Å². The molecule has 2 rings (SSSR count). The minimum Gasteiger partial charge on any atom is -0.493 e. The second-order valence-electron chi connectivity index (χ2n) is 5.46. The van der Waals surface area contributed by atoms with Crippen LogP contribution >= 0.6 is 35.3 Å². The average Bonchev–Trinajstić information content (AvgIpc) is 3.08. The summed E-state index contributed by atoms with van der Waals surface area (Å²) >= 11 is 1.67. The first-order valence-electron chi connectivity index (χ1n) is 8.26. The van der Waals surface area contributed by atoms with Gasteiger partial charge in [0.1, 0.15) is 5.01 Å².